The molecular formula is C13H18N2O5S. The Morgan fingerprint density at radius 1 is 1.29 bits per heavy atom. The quantitative estimate of drug-likeness (QED) is 0.752. The van der Waals surface area contributed by atoms with Crippen LogP contribution >= 0.6 is 0 Å². The summed E-state index contributed by atoms with van der Waals surface area (Å²) in [5.41, 5.74) is 0. The summed E-state index contributed by atoms with van der Waals surface area (Å²) in [7, 11) is -3.94. The van der Waals surface area contributed by atoms with Gasteiger partial charge in [-0.15, -0.1) is 0 Å². The van der Waals surface area contributed by atoms with Crippen LogP contribution in [0.15, 0.2) is 35.2 Å². The molecule has 0 bridgehead atoms. The molecule has 0 aliphatic heterocycles. The van der Waals surface area contributed by atoms with Gasteiger partial charge in [-0.05, 0) is 19.1 Å². The van der Waals surface area contributed by atoms with E-state index in [-0.39, 0.29) is 23.9 Å². The molecule has 1 aromatic carbocycles. The molecule has 0 fully saturated rings. The van der Waals surface area contributed by atoms with Crippen molar-refractivity contribution in [2.24, 2.45) is 0 Å². The second-order valence-electron chi connectivity index (χ2n) is 4.43. The number of hydrogen-bond acceptors (Lipinski definition) is 4. The number of nitrogens with zero attached hydrogens (tertiary/aromatic N) is 1. The number of carbonyl (C=O) groups is 2. The SMILES string of the molecule is CC(=O)NCCN(C(C)C(=O)O)S(=O)(=O)c1ccccc1. The van der Waals surface area contributed by atoms with Gasteiger partial charge in [0.15, 0.2) is 0 Å². The van der Waals surface area contributed by atoms with Crippen molar-refractivity contribution < 1.29 is 23.1 Å². The van der Waals surface area contributed by atoms with Crippen LogP contribution in [0.3, 0.4) is 0 Å². The summed E-state index contributed by atoms with van der Waals surface area (Å²) in [6, 6.07) is 6.35. The van der Waals surface area contributed by atoms with Gasteiger partial charge in [0.2, 0.25) is 15.9 Å². The lowest BCUT2D eigenvalue weighted by atomic mass is 10.3. The standard InChI is InChI=1S/C13H18N2O5S/c1-10(13(17)18)15(9-8-14-11(2)16)21(19,20)12-6-4-3-5-7-12/h3-7,10H,8-9H2,1-2H3,(H,14,16)(H,17,18). The third-order valence-electron chi connectivity index (χ3n) is 2.85. The number of carboxylic acid groups (broad SMARTS) is 1. The molecule has 0 aromatic heterocycles. The molecule has 1 amide bonds. The first-order chi connectivity index (χ1) is 9.76. The topological polar surface area (TPSA) is 104 Å². The Bertz CT molecular complexity index is 600. The molecule has 0 aliphatic rings. The fourth-order valence-corrected chi connectivity index (χ4v) is 3.33. The Labute approximate surface area is 123 Å². The highest BCUT2D eigenvalue weighted by Gasteiger charge is 2.32. The van der Waals surface area contributed by atoms with Gasteiger partial charge in [0.05, 0.1) is 4.90 Å². The molecule has 1 atom stereocenters. The van der Waals surface area contributed by atoms with E-state index in [9.17, 15) is 18.0 Å². The number of rotatable bonds is 7. The first-order valence-electron chi connectivity index (χ1n) is 6.31. The normalized spacial score (nSPS) is 12.9. The van der Waals surface area contributed by atoms with E-state index in [0.717, 1.165) is 4.31 Å². The minimum absolute atomic E-state index is 0.0147. The Kier molecular flexibility index (Phi) is 5.86. The zero-order valence-electron chi connectivity index (χ0n) is 11.8. The number of hydrogen-bond donors (Lipinski definition) is 2. The number of amides is 1. The maximum atomic E-state index is 12.5. The van der Waals surface area contributed by atoms with Gasteiger partial charge in [0.1, 0.15) is 6.04 Å². The maximum absolute atomic E-state index is 12.5. The van der Waals surface area contributed by atoms with Crippen molar-refractivity contribution in [1.82, 2.24) is 9.62 Å². The minimum Gasteiger partial charge on any atom is -0.480 e. The fourth-order valence-electron chi connectivity index (χ4n) is 1.72. The summed E-state index contributed by atoms with van der Waals surface area (Å²) in [6.45, 7) is 2.51. The van der Waals surface area contributed by atoms with Crippen LogP contribution in [0.2, 0.25) is 0 Å². The molecule has 0 saturated heterocycles. The van der Waals surface area contributed by atoms with Crippen molar-refractivity contribution in [3.8, 4) is 0 Å². The Hall–Kier alpha value is -1.93. The number of aliphatic carboxylic acids is 1. The van der Waals surface area contributed by atoms with Gasteiger partial charge < -0.3 is 10.4 Å². The monoisotopic (exact) mass is 314 g/mol. The number of carbonyl (C=O) groups excluding carboxylic acids is 1. The van der Waals surface area contributed by atoms with E-state index < -0.39 is 22.0 Å². The number of benzene rings is 1. The second-order valence-corrected chi connectivity index (χ2v) is 6.32. The third-order valence-corrected chi connectivity index (χ3v) is 4.83. The predicted molar refractivity (Wildman–Crippen MR) is 76.1 cm³/mol. The van der Waals surface area contributed by atoms with E-state index in [1.807, 2.05) is 0 Å². The second kappa shape index (κ2) is 7.19. The highest BCUT2D eigenvalue weighted by Crippen LogP contribution is 2.17. The lowest BCUT2D eigenvalue weighted by Crippen LogP contribution is -2.46. The largest absolute Gasteiger partial charge is 0.480 e. The van der Waals surface area contributed by atoms with Crippen LogP contribution in [0.25, 0.3) is 0 Å². The van der Waals surface area contributed by atoms with Gasteiger partial charge in [0, 0.05) is 20.0 Å². The van der Waals surface area contributed by atoms with Crippen LogP contribution in [0.5, 0.6) is 0 Å². The molecule has 0 radical (unpaired) electrons. The van der Waals surface area contributed by atoms with Gasteiger partial charge >= 0.3 is 5.97 Å². The molecule has 1 unspecified atom stereocenters. The van der Waals surface area contributed by atoms with Crippen LogP contribution in [-0.2, 0) is 19.6 Å². The van der Waals surface area contributed by atoms with Crippen LogP contribution < -0.4 is 5.32 Å². The van der Waals surface area contributed by atoms with Crippen molar-refractivity contribution in [3.63, 3.8) is 0 Å². The zero-order chi connectivity index (χ0) is 16.0. The molecule has 2 N–H and O–H groups in total. The maximum Gasteiger partial charge on any atom is 0.321 e. The van der Waals surface area contributed by atoms with Crippen molar-refractivity contribution in [1.29, 1.82) is 0 Å². The molecule has 21 heavy (non-hydrogen) atoms. The van der Waals surface area contributed by atoms with Gasteiger partial charge in [-0.3, -0.25) is 9.59 Å². The molecular weight excluding hydrogens is 296 g/mol. The van der Waals surface area contributed by atoms with E-state index in [0.29, 0.717) is 0 Å². The summed E-state index contributed by atoms with van der Waals surface area (Å²) in [5.74, 6) is -1.56. The van der Waals surface area contributed by atoms with E-state index >= 15 is 0 Å². The van der Waals surface area contributed by atoms with E-state index in [1.54, 1.807) is 18.2 Å². The van der Waals surface area contributed by atoms with Gasteiger partial charge in [-0.1, -0.05) is 18.2 Å². The Balaban J connectivity index is 3.05. The Morgan fingerprint density at radius 2 is 1.86 bits per heavy atom. The van der Waals surface area contributed by atoms with Crippen molar-refractivity contribution in [2.45, 2.75) is 24.8 Å². The van der Waals surface area contributed by atoms with Gasteiger partial charge in [-0.25, -0.2) is 8.42 Å². The highest BCUT2D eigenvalue weighted by molar-refractivity contribution is 7.89. The average molecular weight is 314 g/mol. The minimum atomic E-state index is -3.94. The van der Waals surface area contributed by atoms with E-state index in [2.05, 4.69) is 5.32 Å². The molecule has 1 rings (SSSR count). The summed E-state index contributed by atoms with van der Waals surface area (Å²) in [5, 5.41) is 11.5. The molecule has 116 valence electrons. The fraction of sp³-hybridized carbons (Fsp3) is 0.385. The lowest BCUT2D eigenvalue weighted by Gasteiger charge is -2.25. The molecule has 0 aliphatic carbocycles. The van der Waals surface area contributed by atoms with Gasteiger partial charge in [0.25, 0.3) is 0 Å². The Morgan fingerprint density at radius 3 is 2.33 bits per heavy atom. The average Bonchev–Trinajstić information content (AvgIpc) is 2.43. The van der Waals surface area contributed by atoms with E-state index in [4.69, 9.17) is 5.11 Å². The first kappa shape index (κ1) is 17.1. The van der Waals surface area contributed by atoms with E-state index in [1.165, 1.54) is 26.0 Å². The highest BCUT2D eigenvalue weighted by atomic mass is 32.2. The zero-order valence-corrected chi connectivity index (χ0v) is 12.6. The summed E-state index contributed by atoms with van der Waals surface area (Å²) < 4.78 is 25.9. The summed E-state index contributed by atoms with van der Waals surface area (Å²) in [6.07, 6.45) is 0. The van der Waals surface area contributed by atoms with Crippen LogP contribution in [0, 0.1) is 0 Å². The molecule has 8 heteroatoms. The van der Waals surface area contributed by atoms with Crippen molar-refractivity contribution >= 4 is 21.9 Å². The van der Waals surface area contributed by atoms with Gasteiger partial charge in [-0.2, -0.15) is 4.31 Å². The molecule has 0 saturated carbocycles. The molecule has 7 nitrogen and oxygen atoms in total. The molecule has 1 aromatic rings. The van der Waals surface area contributed by atoms with Crippen LogP contribution in [0.1, 0.15) is 13.8 Å². The smallest absolute Gasteiger partial charge is 0.321 e. The first-order valence-corrected chi connectivity index (χ1v) is 7.75. The number of nitrogens with one attached hydrogen (secondary N) is 1. The summed E-state index contributed by atoms with van der Waals surface area (Å²) in [4.78, 5) is 22.0. The van der Waals surface area contributed by atoms with Crippen molar-refractivity contribution in [2.75, 3.05) is 13.1 Å². The number of sulfonamides is 1. The lowest BCUT2D eigenvalue weighted by molar-refractivity contribution is -0.140. The summed E-state index contributed by atoms with van der Waals surface area (Å²) >= 11 is 0. The van der Waals surface area contributed by atoms with Crippen molar-refractivity contribution in [3.05, 3.63) is 30.3 Å². The molecule has 0 heterocycles. The number of carboxylic acids is 1. The molecule has 0 spiro atoms. The predicted octanol–water partition coefficient (Wildman–Crippen LogP) is 0.287. The third kappa shape index (κ3) is 4.54. The van der Waals surface area contributed by atoms with Crippen LogP contribution in [0.4, 0.5) is 0 Å². The van der Waals surface area contributed by atoms with Crippen LogP contribution in [-0.4, -0.2) is 48.8 Å².